The van der Waals surface area contributed by atoms with Crippen LogP contribution in [0.15, 0.2) is 52.1 Å². The minimum atomic E-state index is -0.532. The van der Waals surface area contributed by atoms with Gasteiger partial charge < -0.3 is 9.73 Å². The third-order valence-electron chi connectivity index (χ3n) is 5.32. The van der Waals surface area contributed by atoms with Crippen molar-refractivity contribution in [1.82, 2.24) is 10.4 Å². The molecule has 0 aliphatic heterocycles. The molecule has 1 aromatic carbocycles. The van der Waals surface area contributed by atoms with Gasteiger partial charge in [-0.3, -0.25) is 19.7 Å². The Morgan fingerprint density at radius 1 is 1.09 bits per heavy atom. The third-order valence-corrected chi connectivity index (χ3v) is 5.32. The van der Waals surface area contributed by atoms with Gasteiger partial charge in [-0.1, -0.05) is 6.07 Å². The fourth-order valence-corrected chi connectivity index (χ4v) is 3.63. The molecule has 0 spiro atoms. The van der Waals surface area contributed by atoms with Crippen LogP contribution < -0.4 is 10.7 Å². The standard InChI is InChI=1S/C23H21N5O5/c1-13-6-11-19(24-12-13)25-23(30)21-14(2)20-17(4-3-5-18(20)33-21)26-27-22(29)15-7-9-16(10-8-15)28(31)32/h6-12H,3-5H2,1-2H3,(H,27,29)(H,24,25,30)/b26-17+. The molecule has 0 saturated heterocycles. The Morgan fingerprint density at radius 2 is 1.85 bits per heavy atom. The molecule has 1 aliphatic carbocycles. The summed E-state index contributed by atoms with van der Waals surface area (Å²) < 4.78 is 5.85. The number of hydrazone groups is 1. The summed E-state index contributed by atoms with van der Waals surface area (Å²) in [6.07, 6.45) is 3.68. The van der Waals surface area contributed by atoms with Crippen LogP contribution in [0.3, 0.4) is 0 Å². The van der Waals surface area contributed by atoms with E-state index >= 15 is 0 Å². The van der Waals surface area contributed by atoms with Gasteiger partial charge in [0.05, 0.1) is 10.6 Å². The summed E-state index contributed by atoms with van der Waals surface area (Å²) in [6.45, 7) is 3.68. The molecule has 2 aromatic heterocycles. The van der Waals surface area contributed by atoms with Gasteiger partial charge in [0.15, 0.2) is 5.76 Å². The zero-order valence-electron chi connectivity index (χ0n) is 18.0. The largest absolute Gasteiger partial charge is 0.455 e. The molecule has 0 unspecified atom stereocenters. The van der Waals surface area contributed by atoms with Crippen LogP contribution in [-0.4, -0.2) is 27.4 Å². The molecule has 0 saturated carbocycles. The smallest absolute Gasteiger partial charge is 0.292 e. The molecule has 0 radical (unpaired) electrons. The maximum absolute atomic E-state index is 12.8. The molecule has 2 amide bonds. The lowest BCUT2D eigenvalue weighted by Gasteiger charge is -2.13. The Kier molecular flexibility index (Phi) is 5.99. The van der Waals surface area contributed by atoms with E-state index in [9.17, 15) is 19.7 Å². The number of non-ortho nitro benzene ring substituents is 1. The van der Waals surface area contributed by atoms with Crippen molar-refractivity contribution in [3.63, 3.8) is 0 Å². The van der Waals surface area contributed by atoms with E-state index in [1.807, 2.05) is 13.0 Å². The number of hydrogen-bond donors (Lipinski definition) is 2. The Labute approximate surface area is 188 Å². The highest BCUT2D eigenvalue weighted by Gasteiger charge is 2.28. The first-order valence-electron chi connectivity index (χ1n) is 10.3. The van der Waals surface area contributed by atoms with E-state index in [2.05, 4.69) is 20.8 Å². The molecular weight excluding hydrogens is 426 g/mol. The van der Waals surface area contributed by atoms with Gasteiger partial charge in [-0.15, -0.1) is 0 Å². The summed E-state index contributed by atoms with van der Waals surface area (Å²) in [4.78, 5) is 39.6. The normalized spacial score (nSPS) is 13.9. The molecule has 10 heteroatoms. The average molecular weight is 447 g/mol. The number of fused-ring (bicyclic) bond motifs is 1. The first-order valence-corrected chi connectivity index (χ1v) is 10.3. The highest BCUT2D eigenvalue weighted by molar-refractivity contribution is 6.09. The zero-order valence-corrected chi connectivity index (χ0v) is 18.0. The van der Waals surface area contributed by atoms with Crippen LogP contribution in [0.2, 0.25) is 0 Å². The number of nitrogens with zero attached hydrogens (tertiary/aromatic N) is 3. The molecule has 2 heterocycles. The van der Waals surface area contributed by atoms with E-state index in [-0.39, 0.29) is 17.0 Å². The second-order valence-electron chi connectivity index (χ2n) is 7.69. The van der Waals surface area contributed by atoms with Gasteiger partial charge in [0.2, 0.25) is 0 Å². The summed E-state index contributed by atoms with van der Waals surface area (Å²) >= 11 is 0. The predicted molar refractivity (Wildman–Crippen MR) is 120 cm³/mol. The number of carbonyl (C=O) groups excluding carboxylic acids is 2. The van der Waals surface area contributed by atoms with E-state index in [4.69, 9.17) is 4.42 Å². The van der Waals surface area contributed by atoms with Gasteiger partial charge >= 0.3 is 0 Å². The molecule has 1 aliphatic rings. The summed E-state index contributed by atoms with van der Waals surface area (Å²) in [5, 5.41) is 17.8. The number of hydrogen-bond acceptors (Lipinski definition) is 7. The van der Waals surface area contributed by atoms with E-state index in [0.29, 0.717) is 41.3 Å². The predicted octanol–water partition coefficient (Wildman–Crippen LogP) is 3.92. The molecule has 4 rings (SSSR count). The number of carbonyl (C=O) groups is 2. The SMILES string of the molecule is Cc1ccc(NC(=O)c2oc3c(c2C)/C(=N/NC(=O)c2ccc([N+](=O)[O-])cc2)CCC3)nc1. The van der Waals surface area contributed by atoms with E-state index in [1.165, 1.54) is 24.3 Å². The van der Waals surface area contributed by atoms with E-state index in [1.54, 1.807) is 19.2 Å². The van der Waals surface area contributed by atoms with E-state index in [0.717, 1.165) is 12.0 Å². The fourth-order valence-electron chi connectivity index (χ4n) is 3.63. The fraction of sp³-hybridized carbons (Fsp3) is 0.217. The van der Waals surface area contributed by atoms with Crippen molar-refractivity contribution in [3.05, 3.63) is 86.5 Å². The van der Waals surface area contributed by atoms with Crippen molar-refractivity contribution < 1.29 is 18.9 Å². The first kappa shape index (κ1) is 21.9. The van der Waals surface area contributed by atoms with Gasteiger partial charge in [-0.2, -0.15) is 5.10 Å². The third kappa shape index (κ3) is 4.64. The minimum Gasteiger partial charge on any atom is -0.455 e. The van der Waals surface area contributed by atoms with Crippen LogP contribution >= 0.6 is 0 Å². The van der Waals surface area contributed by atoms with Crippen LogP contribution in [0.4, 0.5) is 11.5 Å². The number of anilines is 1. The van der Waals surface area contributed by atoms with E-state index < -0.39 is 16.7 Å². The van der Waals surface area contributed by atoms with Gasteiger partial charge in [-0.25, -0.2) is 10.4 Å². The number of amides is 2. The molecule has 33 heavy (non-hydrogen) atoms. The van der Waals surface area contributed by atoms with Crippen molar-refractivity contribution in [2.24, 2.45) is 5.10 Å². The second kappa shape index (κ2) is 9.03. The zero-order chi connectivity index (χ0) is 23.5. The summed E-state index contributed by atoms with van der Waals surface area (Å²) in [7, 11) is 0. The highest BCUT2D eigenvalue weighted by Crippen LogP contribution is 2.30. The lowest BCUT2D eigenvalue weighted by molar-refractivity contribution is -0.384. The summed E-state index contributed by atoms with van der Waals surface area (Å²) in [5.74, 6) is 0.341. The van der Waals surface area contributed by atoms with Crippen LogP contribution in [0.25, 0.3) is 0 Å². The number of aromatic nitrogens is 1. The molecule has 0 bridgehead atoms. The Morgan fingerprint density at radius 3 is 2.52 bits per heavy atom. The van der Waals surface area contributed by atoms with Gasteiger partial charge in [0.25, 0.3) is 17.5 Å². The van der Waals surface area contributed by atoms with Crippen molar-refractivity contribution in [2.45, 2.75) is 33.1 Å². The maximum Gasteiger partial charge on any atom is 0.292 e. The van der Waals surface area contributed by atoms with Crippen LogP contribution in [0.5, 0.6) is 0 Å². The topological polar surface area (TPSA) is 140 Å². The molecule has 0 atom stereocenters. The number of benzene rings is 1. The Hall–Kier alpha value is -4.34. The number of pyridine rings is 1. The molecular formula is C23H21N5O5. The number of nitro benzene ring substituents is 1. The molecule has 10 nitrogen and oxygen atoms in total. The first-order chi connectivity index (χ1) is 15.8. The summed E-state index contributed by atoms with van der Waals surface area (Å²) in [5.41, 5.74) is 5.58. The molecule has 3 aromatic rings. The van der Waals surface area contributed by atoms with Crippen LogP contribution in [-0.2, 0) is 6.42 Å². The van der Waals surface area contributed by atoms with Crippen molar-refractivity contribution in [3.8, 4) is 0 Å². The number of rotatable bonds is 5. The highest BCUT2D eigenvalue weighted by atomic mass is 16.6. The number of furan rings is 1. The Bertz CT molecular complexity index is 1260. The lowest BCUT2D eigenvalue weighted by atomic mass is 9.93. The molecule has 0 fully saturated rings. The molecule has 168 valence electrons. The summed E-state index contributed by atoms with van der Waals surface area (Å²) in [6, 6.07) is 8.81. The number of nitrogens with one attached hydrogen (secondary N) is 2. The van der Waals surface area contributed by atoms with Crippen molar-refractivity contribution in [2.75, 3.05) is 5.32 Å². The van der Waals surface area contributed by atoms with Crippen molar-refractivity contribution in [1.29, 1.82) is 0 Å². The van der Waals surface area contributed by atoms with Crippen molar-refractivity contribution >= 4 is 29.0 Å². The minimum absolute atomic E-state index is 0.101. The second-order valence-corrected chi connectivity index (χ2v) is 7.69. The lowest BCUT2D eigenvalue weighted by Crippen LogP contribution is -2.22. The maximum atomic E-state index is 12.8. The van der Waals surface area contributed by atoms with Crippen LogP contribution in [0.1, 0.15) is 56.2 Å². The van der Waals surface area contributed by atoms with Gasteiger partial charge in [0, 0.05) is 41.4 Å². The quantitative estimate of drug-likeness (QED) is 0.449. The van der Waals surface area contributed by atoms with Gasteiger partial charge in [-0.05, 0) is 50.5 Å². The molecule has 2 N–H and O–H groups in total. The number of aryl methyl sites for hydroxylation is 2. The monoisotopic (exact) mass is 447 g/mol. The average Bonchev–Trinajstić information content (AvgIpc) is 3.16. The van der Waals surface area contributed by atoms with Gasteiger partial charge in [0.1, 0.15) is 11.6 Å². The Balaban J connectivity index is 1.53. The van der Waals surface area contributed by atoms with Crippen LogP contribution in [0, 0.1) is 24.0 Å². The number of nitro groups is 1.